The monoisotopic (exact) mass is 281 g/mol. The minimum Gasteiger partial charge on any atom is -0.481 e. The van der Waals surface area contributed by atoms with Crippen molar-refractivity contribution in [2.24, 2.45) is 5.41 Å². The largest absolute Gasteiger partial charge is 0.481 e. The van der Waals surface area contributed by atoms with Crippen molar-refractivity contribution in [2.45, 2.75) is 33.6 Å². The number of carbonyl (C=O) groups is 2. The van der Waals surface area contributed by atoms with Crippen molar-refractivity contribution in [1.82, 2.24) is 4.90 Å². The molecule has 0 aromatic carbocycles. The first-order valence-electron chi connectivity index (χ1n) is 6.49. The first-order chi connectivity index (χ1) is 8.87. The van der Waals surface area contributed by atoms with Crippen LogP contribution >= 0.6 is 11.3 Å². The number of likely N-dealkylation sites (tertiary alicyclic amines) is 1. The van der Waals surface area contributed by atoms with Crippen molar-refractivity contribution in [3.05, 3.63) is 21.4 Å². The van der Waals surface area contributed by atoms with Gasteiger partial charge in [0, 0.05) is 18.0 Å². The molecule has 5 heteroatoms. The molecule has 0 saturated carbocycles. The fraction of sp³-hybridized carbons (Fsp3) is 0.571. The predicted octanol–water partition coefficient (Wildman–Crippen LogP) is 2.56. The van der Waals surface area contributed by atoms with Crippen LogP contribution in [0.15, 0.2) is 6.07 Å². The molecule has 0 radical (unpaired) electrons. The molecular weight excluding hydrogens is 262 g/mol. The number of nitrogens with zero attached hydrogens (tertiary/aromatic N) is 1. The number of thiophene rings is 1. The summed E-state index contributed by atoms with van der Waals surface area (Å²) in [6, 6.07) is 1.94. The molecule has 1 fully saturated rings. The van der Waals surface area contributed by atoms with E-state index in [4.69, 9.17) is 0 Å². The summed E-state index contributed by atoms with van der Waals surface area (Å²) in [4.78, 5) is 27.1. The topological polar surface area (TPSA) is 57.6 Å². The summed E-state index contributed by atoms with van der Waals surface area (Å²) in [5, 5.41) is 9.19. The number of rotatable bonds is 3. The number of amides is 1. The SMILES string of the molecule is CCc1cc(C(=O)N2CC[C@](C)(C(=O)O)C2)sc1C. The second-order valence-electron chi connectivity index (χ2n) is 5.39. The van der Waals surface area contributed by atoms with Gasteiger partial charge in [-0.15, -0.1) is 11.3 Å². The Bertz CT molecular complexity index is 523. The molecule has 1 N–H and O–H groups in total. The number of hydrogen-bond acceptors (Lipinski definition) is 3. The number of aryl methyl sites for hydroxylation is 2. The lowest BCUT2D eigenvalue weighted by molar-refractivity contribution is -0.147. The van der Waals surface area contributed by atoms with Gasteiger partial charge in [-0.3, -0.25) is 9.59 Å². The van der Waals surface area contributed by atoms with Crippen molar-refractivity contribution in [1.29, 1.82) is 0 Å². The van der Waals surface area contributed by atoms with Crippen LogP contribution in [0.2, 0.25) is 0 Å². The molecule has 1 amide bonds. The molecule has 2 rings (SSSR count). The minimum absolute atomic E-state index is 0.0298. The molecule has 1 aromatic rings. The highest BCUT2D eigenvalue weighted by atomic mass is 32.1. The van der Waals surface area contributed by atoms with Crippen LogP contribution in [0.1, 0.15) is 40.4 Å². The molecule has 0 bridgehead atoms. The van der Waals surface area contributed by atoms with Crippen molar-refractivity contribution in [2.75, 3.05) is 13.1 Å². The van der Waals surface area contributed by atoms with Crippen LogP contribution in [-0.4, -0.2) is 35.0 Å². The average Bonchev–Trinajstić information content (AvgIpc) is 2.93. The normalized spacial score (nSPS) is 22.8. The lowest BCUT2D eigenvalue weighted by Crippen LogP contribution is -2.34. The zero-order valence-corrected chi connectivity index (χ0v) is 12.3. The highest BCUT2D eigenvalue weighted by molar-refractivity contribution is 7.14. The molecular formula is C14H19NO3S. The first kappa shape index (κ1) is 14.1. The summed E-state index contributed by atoms with van der Waals surface area (Å²) in [5.41, 5.74) is 0.406. The molecule has 1 atom stereocenters. The summed E-state index contributed by atoms with van der Waals surface area (Å²) < 4.78 is 0. The Morgan fingerprint density at radius 2 is 2.21 bits per heavy atom. The highest BCUT2D eigenvalue weighted by Gasteiger charge is 2.42. The van der Waals surface area contributed by atoms with Crippen LogP contribution in [0.25, 0.3) is 0 Å². The summed E-state index contributed by atoms with van der Waals surface area (Å²) in [6.45, 7) is 6.63. The Morgan fingerprint density at radius 3 is 2.68 bits per heavy atom. The summed E-state index contributed by atoms with van der Waals surface area (Å²) in [5.74, 6) is -0.850. The van der Waals surface area contributed by atoms with Crippen LogP contribution in [0.4, 0.5) is 0 Å². The standard InChI is InChI=1S/C14H19NO3S/c1-4-10-7-11(19-9(10)2)12(16)15-6-5-14(3,8-15)13(17)18/h7H,4-6,8H2,1-3H3,(H,17,18)/t14-/m0/s1. The van der Waals surface area contributed by atoms with E-state index in [-0.39, 0.29) is 5.91 Å². The Hall–Kier alpha value is -1.36. The molecule has 0 aliphatic carbocycles. The Morgan fingerprint density at radius 1 is 1.53 bits per heavy atom. The van der Waals surface area contributed by atoms with Crippen LogP contribution < -0.4 is 0 Å². The molecule has 1 saturated heterocycles. The third-order valence-corrected chi connectivity index (χ3v) is 4.97. The molecule has 1 aromatic heterocycles. The van der Waals surface area contributed by atoms with Gasteiger partial charge in [-0.05, 0) is 38.3 Å². The Labute approximate surface area is 117 Å². The van der Waals surface area contributed by atoms with E-state index in [1.54, 1.807) is 11.8 Å². The molecule has 1 aliphatic heterocycles. The quantitative estimate of drug-likeness (QED) is 0.926. The number of carbonyl (C=O) groups excluding carboxylic acids is 1. The minimum atomic E-state index is -0.820. The molecule has 0 spiro atoms. The van der Waals surface area contributed by atoms with Gasteiger partial charge in [-0.1, -0.05) is 6.92 Å². The van der Waals surface area contributed by atoms with E-state index in [0.717, 1.165) is 11.3 Å². The fourth-order valence-corrected chi connectivity index (χ4v) is 3.52. The number of carboxylic acids is 1. The van der Waals surface area contributed by atoms with Crippen molar-refractivity contribution in [3.8, 4) is 0 Å². The van der Waals surface area contributed by atoms with Crippen LogP contribution in [0.3, 0.4) is 0 Å². The van der Waals surface area contributed by atoms with Gasteiger partial charge in [0.2, 0.25) is 0 Å². The summed E-state index contributed by atoms with van der Waals surface area (Å²) in [7, 11) is 0. The van der Waals surface area contributed by atoms with Gasteiger partial charge in [-0.25, -0.2) is 0 Å². The van der Waals surface area contributed by atoms with Gasteiger partial charge >= 0.3 is 5.97 Å². The maximum atomic E-state index is 12.4. The van der Waals surface area contributed by atoms with Crippen LogP contribution in [0, 0.1) is 12.3 Å². The van der Waals surface area contributed by atoms with Gasteiger partial charge in [0.25, 0.3) is 5.91 Å². The fourth-order valence-electron chi connectivity index (χ4n) is 2.44. The van der Waals surface area contributed by atoms with E-state index < -0.39 is 11.4 Å². The maximum absolute atomic E-state index is 12.4. The van der Waals surface area contributed by atoms with E-state index in [0.29, 0.717) is 19.5 Å². The van der Waals surface area contributed by atoms with E-state index in [2.05, 4.69) is 6.92 Å². The Kier molecular flexibility index (Phi) is 3.67. The number of hydrogen-bond donors (Lipinski definition) is 1. The van der Waals surface area contributed by atoms with Gasteiger partial charge < -0.3 is 10.0 Å². The van der Waals surface area contributed by atoms with Crippen molar-refractivity contribution < 1.29 is 14.7 Å². The predicted molar refractivity (Wildman–Crippen MR) is 74.7 cm³/mol. The molecule has 104 valence electrons. The molecule has 1 aliphatic rings. The second-order valence-corrected chi connectivity index (χ2v) is 6.64. The zero-order chi connectivity index (χ0) is 14.2. The molecule has 4 nitrogen and oxygen atoms in total. The molecule has 0 unspecified atom stereocenters. The van der Waals surface area contributed by atoms with Gasteiger partial charge in [0.05, 0.1) is 10.3 Å². The lowest BCUT2D eigenvalue weighted by atomic mass is 9.90. The van der Waals surface area contributed by atoms with Gasteiger partial charge in [-0.2, -0.15) is 0 Å². The van der Waals surface area contributed by atoms with Crippen LogP contribution in [0.5, 0.6) is 0 Å². The van der Waals surface area contributed by atoms with Crippen molar-refractivity contribution in [3.63, 3.8) is 0 Å². The number of aliphatic carboxylic acids is 1. The van der Waals surface area contributed by atoms with E-state index in [1.807, 2.05) is 13.0 Å². The van der Waals surface area contributed by atoms with E-state index in [1.165, 1.54) is 21.8 Å². The first-order valence-corrected chi connectivity index (χ1v) is 7.31. The third kappa shape index (κ3) is 2.52. The summed E-state index contributed by atoms with van der Waals surface area (Å²) in [6.07, 6.45) is 1.45. The smallest absolute Gasteiger partial charge is 0.311 e. The molecule has 19 heavy (non-hydrogen) atoms. The zero-order valence-electron chi connectivity index (χ0n) is 11.5. The third-order valence-electron chi connectivity index (χ3n) is 3.89. The average molecular weight is 281 g/mol. The van der Waals surface area contributed by atoms with Crippen molar-refractivity contribution >= 4 is 23.2 Å². The van der Waals surface area contributed by atoms with Gasteiger partial charge in [0.15, 0.2) is 0 Å². The van der Waals surface area contributed by atoms with E-state index in [9.17, 15) is 14.7 Å². The second kappa shape index (κ2) is 4.96. The lowest BCUT2D eigenvalue weighted by Gasteiger charge is -2.19. The van der Waals surface area contributed by atoms with Gasteiger partial charge in [0.1, 0.15) is 0 Å². The van der Waals surface area contributed by atoms with E-state index >= 15 is 0 Å². The molecule has 2 heterocycles. The maximum Gasteiger partial charge on any atom is 0.311 e. The van der Waals surface area contributed by atoms with Crippen LogP contribution in [-0.2, 0) is 11.2 Å². The number of carboxylic acid groups (broad SMARTS) is 1. The highest BCUT2D eigenvalue weighted by Crippen LogP contribution is 2.32. The summed E-state index contributed by atoms with van der Waals surface area (Å²) >= 11 is 1.50. The Balaban J connectivity index is 2.15.